The van der Waals surface area contributed by atoms with Crippen molar-refractivity contribution >= 4 is 11.9 Å². The van der Waals surface area contributed by atoms with Crippen molar-refractivity contribution in [1.29, 1.82) is 0 Å². The number of hydrogen-bond acceptors (Lipinski definition) is 4. The van der Waals surface area contributed by atoms with Crippen LogP contribution < -0.4 is 5.32 Å². The summed E-state index contributed by atoms with van der Waals surface area (Å²) in [6.07, 6.45) is 9.28. The van der Waals surface area contributed by atoms with E-state index < -0.39 is 5.97 Å². The van der Waals surface area contributed by atoms with Gasteiger partial charge in [-0.3, -0.25) is 9.59 Å². The highest BCUT2D eigenvalue weighted by molar-refractivity contribution is 5.75. The van der Waals surface area contributed by atoms with Gasteiger partial charge in [-0.05, 0) is 12.8 Å². The number of amides is 1. The predicted molar refractivity (Wildman–Crippen MR) is 66.8 cm³/mol. The van der Waals surface area contributed by atoms with Crippen LogP contribution in [0.15, 0.2) is 6.20 Å². The summed E-state index contributed by atoms with van der Waals surface area (Å²) in [6.45, 7) is 0.000621. The normalized spacial score (nSPS) is 9.84. The molecule has 102 valence electrons. The Hall–Kier alpha value is -2.36. The summed E-state index contributed by atoms with van der Waals surface area (Å²) in [5.41, 5.74) is 0.526. The van der Waals surface area contributed by atoms with E-state index in [4.69, 9.17) is 11.5 Å². The maximum absolute atomic E-state index is 11.5. The molecule has 0 spiro atoms. The first-order chi connectivity index (χ1) is 9.11. The molecule has 0 aliphatic carbocycles. The summed E-state index contributed by atoms with van der Waals surface area (Å²) in [7, 11) is 0. The highest BCUT2D eigenvalue weighted by Crippen LogP contribution is 1.99. The molecule has 0 saturated carbocycles. The number of carbonyl (C=O) groups excluding carboxylic acids is 1. The average molecular weight is 264 g/mol. The Morgan fingerprint density at radius 2 is 2.26 bits per heavy atom. The van der Waals surface area contributed by atoms with Gasteiger partial charge in [0.15, 0.2) is 0 Å². The summed E-state index contributed by atoms with van der Waals surface area (Å²) in [5, 5.41) is 18.6. The van der Waals surface area contributed by atoms with Gasteiger partial charge in [0.05, 0.1) is 12.7 Å². The zero-order valence-corrected chi connectivity index (χ0v) is 10.5. The second-order valence-electron chi connectivity index (χ2n) is 3.99. The molecule has 1 aromatic rings. The first-order valence-electron chi connectivity index (χ1n) is 5.93. The Kier molecular flexibility index (Phi) is 6.09. The number of carbonyl (C=O) groups is 2. The Labute approximate surface area is 111 Å². The largest absolute Gasteiger partial charge is 0.480 e. The summed E-state index contributed by atoms with van der Waals surface area (Å²) in [6, 6.07) is 0. The highest BCUT2D eigenvalue weighted by Gasteiger charge is 2.06. The fourth-order valence-corrected chi connectivity index (χ4v) is 1.43. The van der Waals surface area contributed by atoms with E-state index in [-0.39, 0.29) is 19.0 Å². The van der Waals surface area contributed by atoms with Gasteiger partial charge in [-0.1, -0.05) is 5.21 Å². The van der Waals surface area contributed by atoms with Crippen LogP contribution >= 0.6 is 0 Å². The standard InChI is InChI=1S/C12H16N4O3/c1-2-3-4-5-6-11(17)13-7-10-8-16(15-14-10)9-12(18)19/h1,8H,3-7,9H2,(H,13,17)(H,18,19). The number of aromatic nitrogens is 3. The van der Waals surface area contributed by atoms with Crippen molar-refractivity contribution in [3.8, 4) is 12.3 Å². The van der Waals surface area contributed by atoms with E-state index >= 15 is 0 Å². The molecule has 1 rings (SSSR count). The quantitative estimate of drug-likeness (QED) is 0.515. The van der Waals surface area contributed by atoms with Gasteiger partial charge in [0.1, 0.15) is 12.2 Å². The summed E-state index contributed by atoms with van der Waals surface area (Å²) < 4.78 is 1.21. The molecule has 1 amide bonds. The minimum atomic E-state index is -0.992. The van der Waals surface area contributed by atoms with Gasteiger partial charge in [-0.25, -0.2) is 4.68 Å². The van der Waals surface area contributed by atoms with E-state index in [1.54, 1.807) is 0 Å². The molecular formula is C12H16N4O3. The zero-order chi connectivity index (χ0) is 14.1. The molecule has 0 fully saturated rings. The molecule has 0 atom stereocenters. The van der Waals surface area contributed by atoms with Crippen LogP contribution in [0.3, 0.4) is 0 Å². The van der Waals surface area contributed by atoms with Gasteiger partial charge in [0.25, 0.3) is 0 Å². The molecule has 0 aromatic carbocycles. The summed E-state index contributed by atoms with van der Waals surface area (Å²) in [5.74, 6) is 1.45. The molecule has 19 heavy (non-hydrogen) atoms. The molecule has 0 aliphatic heterocycles. The van der Waals surface area contributed by atoms with E-state index in [1.807, 2.05) is 0 Å². The minimum absolute atomic E-state index is 0.0789. The lowest BCUT2D eigenvalue weighted by atomic mass is 10.2. The lowest BCUT2D eigenvalue weighted by Crippen LogP contribution is -2.22. The van der Waals surface area contributed by atoms with E-state index in [1.165, 1.54) is 10.9 Å². The first kappa shape index (κ1) is 14.7. The number of carboxylic acids is 1. The zero-order valence-electron chi connectivity index (χ0n) is 10.5. The van der Waals surface area contributed by atoms with Gasteiger partial charge >= 0.3 is 5.97 Å². The second kappa shape index (κ2) is 7.87. The number of terminal acetylenes is 1. The molecule has 0 aliphatic rings. The van der Waals surface area contributed by atoms with Crippen LogP contribution in [0.2, 0.25) is 0 Å². The smallest absolute Gasteiger partial charge is 0.325 e. The van der Waals surface area contributed by atoms with Crippen LogP contribution in [0, 0.1) is 12.3 Å². The lowest BCUT2D eigenvalue weighted by molar-refractivity contribution is -0.138. The van der Waals surface area contributed by atoms with Crippen molar-refractivity contribution in [3.05, 3.63) is 11.9 Å². The van der Waals surface area contributed by atoms with Gasteiger partial charge in [-0.15, -0.1) is 17.4 Å². The Bertz CT molecular complexity index is 476. The number of nitrogens with zero attached hydrogens (tertiary/aromatic N) is 3. The van der Waals surface area contributed by atoms with Crippen LogP contribution in [0.25, 0.3) is 0 Å². The molecule has 0 bridgehead atoms. The van der Waals surface area contributed by atoms with Crippen molar-refractivity contribution < 1.29 is 14.7 Å². The van der Waals surface area contributed by atoms with E-state index in [9.17, 15) is 9.59 Å². The van der Waals surface area contributed by atoms with Crippen molar-refractivity contribution in [1.82, 2.24) is 20.3 Å². The lowest BCUT2D eigenvalue weighted by Gasteiger charge is -2.01. The summed E-state index contributed by atoms with van der Waals surface area (Å²) >= 11 is 0. The van der Waals surface area contributed by atoms with Crippen LogP contribution in [0.4, 0.5) is 0 Å². The maximum Gasteiger partial charge on any atom is 0.325 e. The number of nitrogens with one attached hydrogen (secondary N) is 1. The second-order valence-corrected chi connectivity index (χ2v) is 3.99. The van der Waals surface area contributed by atoms with Crippen LogP contribution in [-0.4, -0.2) is 32.0 Å². The first-order valence-corrected chi connectivity index (χ1v) is 5.93. The van der Waals surface area contributed by atoms with Gasteiger partial charge in [0.2, 0.25) is 5.91 Å². The van der Waals surface area contributed by atoms with Crippen molar-refractivity contribution in [2.45, 2.75) is 38.8 Å². The molecule has 1 heterocycles. The Balaban J connectivity index is 2.24. The SMILES string of the molecule is C#CCCCCC(=O)NCc1cn(CC(=O)O)nn1. The number of hydrogen-bond donors (Lipinski definition) is 2. The Morgan fingerprint density at radius 1 is 1.47 bits per heavy atom. The summed E-state index contributed by atoms with van der Waals surface area (Å²) in [4.78, 5) is 21.9. The van der Waals surface area contributed by atoms with E-state index in [2.05, 4.69) is 21.5 Å². The molecule has 0 unspecified atom stereocenters. The monoisotopic (exact) mass is 264 g/mol. The fourth-order valence-electron chi connectivity index (χ4n) is 1.43. The molecule has 2 N–H and O–H groups in total. The van der Waals surface area contributed by atoms with Gasteiger partial charge in [0, 0.05) is 12.8 Å². The van der Waals surface area contributed by atoms with Crippen molar-refractivity contribution in [2.75, 3.05) is 0 Å². The molecule has 0 saturated heterocycles. The van der Waals surface area contributed by atoms with Gasteiger partial charge in [-0.2, -0.15) is 0 Å². The predicted octanol–water partition coefficient (Wildman–Crippen LogP) is 0.172. The Morgan fingerprint density at radius 3 is 2.95 bits per heavy atom. The minimum Gasteiger partial charge on any atom is -0.480 e. The third-order valence-corrected chi connectivity index (χ3v) is 2.32. The van der Waals surface area contributed by atoms with Crippen molar-refractivity contribution in [3.63, 3.8) is 0 Å². The molecular weight excluding hydrogens is 248 g/mol. The highest BCUT2D eigenvalue weighted by atomic mass is 16.4. The number of carboxylic acid groups (broad SMARTS) is 1. The maximum atomic E-state index is 11.5. The molecule has 7 nitrogen and oxygen atoms in total. The van der Waals surface area contributed by atoms with Gasteiger partial charge < -0.3 is 10.4 Å². The molecule has 7 heteroatoms. The number of aliphatic carboxylic acids is 1. The average Bonchev–Trinajstić information content (AvgIpc) is 2.79. The van der Waals surface area contributed by atoms with E-state index in [0.29, 0.717) is 18.5 Å². The third-order valence-electron chi connectivity index (χ3n) is 2.32. The third kappa shape index (κ3) is 6.21. The molecule has 1 aromatic heterocycles. The van der Waals surface area contributed by atoms with Crippen LogP contribution in [0.5, 0.6) is 0 Å². The van der Waals surface area contributed by atoms with Crippen molar-refractivity contribution in [2.24, 2.45) is 0 Å². The van der Waals surface area contributed by atoms with E-state index in [0.717, 1.165) is 12.8 Å². The number of rotatable bonds is 8. The van der Waals surface area contributed by atoms with Crippen LogP contribution in [0.1, 0.15) is 31.4 Å². The fraction of sp³-hybridized carbons (Fsp3) is 0.500. The van der Waals surface area contributed by atoms with Crippen LogP contribution in [-0.2, 0) is 22.7 Å². The number of unbranched alkanes of at least 4 members (excludes halogenated alkanes) is 2. The molecule has 0 radical (unpaired) electrons. The topological polar surface area (TPSA) is 97.1 Å².